The second-order valence-corrected chi connectivity index (χ2v) is 10.1. The Morgan fingerprint density at radius 1 is 0.953 bits per heavy atom. The maximum absolute atomic E-state index is 12.6. The van der Waals surface area contributed by atoms with E-state index < -0.39 is 18.7 Å². The monoisotopic (exact) mass is 604 g/mol. The molecule has 0 saturated carbocycles. The standard InChI is InChI=1S/C30H20ClF3N6O3/c1-16-2-11-21(12-22(16)28(41)42)43-29-36-24-13-23(31)25(37-27(24)38-29)19-7-3-17(4-8-19)18-5-9-20(10-6-18)26-35-15-40(39-26)14-30(32,33)34/h2-13,15H,14H2,1H3,(H,41,42)(H,36,37,38). The number of rotatable bonds is 7. The van der Waals surface area contributed by atoms with E-state index in [1.165, 1.54) is 6.07 Å². The largest absolute Gasteiger partial charge is 0.478 e. The van der Waals surface area contributed by atoms with Crippen molar-refractivity contribution in [3.05, 3.63) is 95.3 Å². The Morgan fingerprint density at radius 3 is 2.26 bits per heavy atom. The molecule has 0 atom stereocenters. The third-order valence-corrected chi connectivity index (χ3v) is 6.86. The first-order valence-electron chi connectivity index (χ1n) is 12.8. The Labute approximate surface area is 246 Å². The number of hydrogen-bond donors (Lipinski definition) is 2. The second kappa shape index (κ2) is 10.9. The van der Waals surface area contributed by atoms with E-state index in [4.69, 9.17) is 16.3 Å². The average Bonchev–Trinajstić information content (AvgIpc) is 3.58. The molecule has 0 radical (unpaired) electrons. The molecule has 3 aromatic heterocycles. The molecular formula is C30H20ClF3N6O3. The molecule has 0 aliphatic rings. The second-order valence-electron chi connectivity index (χ2n) is 9.65. The number of aromatic carboxylic acids is 1. The number of aromatic nitrogens is 6. The fourth-order valence-corrected chi connectivity index (χ4v) is 4.73. The first-order valence-corrected chi connectivity index (χ1v) is 13.2. The molecule has 3 heterocycles. The number of fused-ring (bicyclic) bond motifs is 1. The van der Waals surface area contributed by atoms with Crippen molar-refractivity contribution >= 4 is 28.7 Å². The molecule has 0 fully saturated rings. The van der Waals surface area contributed by atoms with Crippen LogP contribution in [0.2, 0.25) is 5.02 Å². The zero-order valence-corrected chi connectivity index (χ0v) is 23.0. The van der Waals surface area contributed by atoms with Crippen molar-refractivity contribution in [2.45, 2.75) is 19.6 Å². The Kier molecular flexibility index (Phi) is 7.06. The lowest BCUT2D eigenvalue weighted by molar-refractivity contribution is -0.142. The van der Waals surface area contributed by atoms with Crippen LogP contribution in [-0.2, 0) is 6.54 Å². The van der Waals surface area contributed by atoms with E-state index in [1.807, 2.05) is 36.4 Å². The van der Waals surface area contributed by atoms with E-state index in [2.05, 4.69) is 25.0 Å². The predicted molar refractivity (Wildman–Crippen MR) is 153 cm³/mol. The maximum Gasteiger partial charge on any atom is 0.408 e. The number of hydrogen-bond acceptors (Lipinski definition) is 6. The zero-order chi connectivity index (χ0) is 30.3. The lowest BCUT2D eigenvalue weighted by atomic mass is 10.0. The summed E-state index contributed by atoms with van der Waals surface area (Å²) in [7, 11) is 0. The predicted octanol–water partition coefficient (Wildman–Crippen LogP) is 7.57. The van der Waals surface area contributed by atoms with Crippen LogP contribution in [0.25, 0.3) is 44.9 Å². The molecular weight excluding hydrogens is 585 g/mol. The molecule has 3 aromatic carbocycles. The Hall–Kier alpha value is -5.23. The SMILES string of the molecule is Cc1ccc(Oc2nc3nc(-c4ccc(-c5ccc(-c6ncn(CC(F)(F)F)n6)cc5)cc4)c(Cl)cc3[nH]2)cc1C(=O)O. The van der Waals surface area contributed by atoms with E-state index in [0.29, 0.717) is 38.8 Å². The number of carbonyl (C=O) groups is 1. The number of halogens is 4. The summed E-state index contributed by atoms with van der Waals surface area (Å²) in [6, 6.07) is 21.3. The van der Waals surface area contributed by atoms with Gasteiger partial charge < -0.3 is 14.8 Å². The minimum atomic E-state index is -4.38. The van der Waals surface area contributed by atoms with Gasteiger partial charge in [0.25, 0.3) is 0 Å². The van der Waals surface area contributed by atoms with Crippen LogP contribution in [-0.4, -0.2) is 47.0 Å². The summed E-state index contributed by atoms with van der Waals surface area (Å²) in [5.74, 6) is -0.538. The molecule has 6 rings (SSSR count). The van der Waals surface area contributed by atoms with E-state index in [1.54, 1.807) is 37.3 Å². The third-order valence-electron chi connectivity index (χ3n) is 6.57. The number of nitrogens with zero attached hydrogens (tertiary/aromatic N) is 5. The number of nitrogens with one attached hydrogen (secondary N) is 1. The van der Waals surface area contributed by atoms with Crippen molar-refractivity contribution in [3.8, 4) is 45.5 Å². The summed E-state index contributed by atoms with van der Waals surface area (Å²) in [5.41, 5.74) is 5.30. The van der Waals surface area contributed by atoms with E-state index in [0.717, 1.165) is 27.7 Å². The summed E-state index contributed by atoms with van der Waals surface area (Å²) in [4.78, 5) is 27.4. The number of alkyl halides is 3. The number of imidazole rings is 1. The first kappa shape index (κ1) is 27.9. The summed E-state index contributed by atoms with van der Waals surface area (Å²) in [5, 5.41) is 13.7. The van der Waals surface area contributed by atoms with Crippen LogP contribution in [0.5, 0.6) is 11.8 Å². The van der Waals surface area contributed by atoms with Crippen LogP contribution in [0.3, 0.4) is 0 Å². The normalized spacial score (nSPS) is 11.7. The van der Waals surface area contributed by atoms with E-state index >= 15 is 0 Å². The molecule has 0 saturated heterocycles. The van der Waals surface area contributed by atoms with Gasteiger partial charge in [0.1, 0.15) is 18.6 Å². The van der Waals surface area contributed by atoms with Crippen molar-refractivity contribution in [1.29, 1.82) is 0 Å². The lowest BCUT2D eigenvalue weighted by Gasteiger charge is -2.07. The Bertz CT molecular complexity index is 1970. The number of pyridine rings is 1. The van der Waals surface area contributed by atoms with Gasteiger partial charge in [0, 0.05) is 11.1 Å². The molecule has 9 nitrogen and oxygen atoms in total. The van der Waals surface area contributed by atoms with Crippen LogP contribution >= 0.6 is 11.6 Å². The van der Waals surface area contributed by atoms with Crippen molar-refractivity contribution in [1.82, 2.24) is 29.7 Å². The summed E-state index contributed by atoms with van der Waals surface area (Å²) < 4.78 is 44.3. The number of benzene rings is 3. The highest BCUT2D eigenvalue weighted by Gasteiger charge is 2.28. The van der Waals surface area contributed by atoms with Crippen LogP contribution in [0.15, 0.2) is 79.1 Å². The van der Waals surface area contributed by atoms with Gasteiger partial charge in [-0.3, -0.25) is 0 Å². The maximum atomic E-state index is 12.6. The van der Waals surface area contributed by atoms with Crippen LogP contribution in [0.4, 0.5) is 13.2 Å². The first-order chi connectivity index (χ1) is 20.5. The highest BCUT2D eigenvalue weighted by Crippen LogP contribution is 2.32. The van der Waals surface area contributed by atoms with Gasteiger partial charge in [-0.15, -0.1) is 0 Å². The highest BCUT2D eigenvalue weighted by molar-refractivity contribution is 6.33. The van der Waals surface area contributed by atoms with Crippen molar-refractivity contribution < 1.29 is 27.8 Å². The van der Waals surface area contributed by atoms with Crippen molar-refractivity contribution in [2.75, 3.05) is 0 Å². The minimum absolute atomic E-state index is 0.130. The molecule has 0 unspecified atom stereocenters. The topological polar surface area (TPSA) is 119 Å². The number of H-pyrrole nitrogens is 1. The van der Waals surface area contributed by atoms with Gasteiger partial charge >= 0.3 is 18.2 Å². The van der Waals surface area contributed by atoms with Gasteiger partial charge in [0.2, 0.25) is 0 Å². The summed E-state index contributed by atoms with van der Waals surface area (Å²) in [6.07, 6.45) is -3.32. The minimum Gasteiger partial charge on any atom is -0.478 e. The molecule has 13 heteroatoms. The molecule has 2 N–H and O–H groups in total. The number of aryl methyl sites for hydroxylation is 1. The van der Waals surface area contributed by atoms with Crippen LogP contribution < -0.4 is 4.74 Å². The Balaban J connectivity index is 1.20. The number of ether oxygens (including phenoxy) is 1. The average molecular weight is 605 g/mol. The van der Waals surface area contributed by atoms with Crippen molar-refractivity contribution in [2.24, 2.45) is 0 Å². The quantitative estimate of drug-likeness (QED) is 0.193. The molecule has 0 amide bonds. The summed E-state index contributed by atoms with van der Waals surface area (Å²) in [6.45, 7) is 0.501. The van der Waals surface area contributed by atoms with Gasteiger partial charge in [0.15, 0.2) is 11.5 Å². The van der Waals surface area contributed by atoms with Gasteiger partial charge in [-0.2, -0.15) is 23.3 Å². The van der Waals surface area contributed by atoms with E-state index in [9.17, 15) is 23.1 Å². The third kappa shape index (κ3) is 6.04. The molecule has 216 valence electrons. The van der Waals surface area contributed by atoms with Gasteiger partial charge in [0.05, 0.1) is 21.8 Å². The number of aromatic amines is 1. The van der Waals surface area contributed by atoms with Gasteiger partial charge in [-0.05, 0) is 41.8 Å². The smallest absolute Gasteiger partial charge is 0.408 e. The molecule has 0 spiro atoms. The summed E-state index contributed by atoms with van der Waals surface area (Å²) >= 11 is 6.56. The van der Waals surface area contributed by atoms with Crippen LogP contribution in [0.1, 0.15) is 15.9 Å². The van der Waals surface area contributed by atoms with Gasteiger partial charge in [-0.1, -0.05) is 66.2 Å². The lowest BCUT2D eigenvalue weighted by Crippen LogP contribution is -2.17. The molecule has 0 bridgehead atoms. The van der Waals surface area contributed by atoms with Crippen LogP contribution in [0, 0.1) is 6.92 Å². The number of carboxylic acid groups (broad SMARTS) is 1. The fourth-order valence-electron chi connectivity index (χ4n) is 4.47. The molecule has 0 aliphatic heterocycles. The number of carboxylic acids is 1. The van der Waals surface area contributed by atoms with Crippen molar-refractivity contribution in [3.63, 3.8) is 0 Å². The van der Waals surface area contributed by atoms with E-state index in [-0.39, 0.29) is 17.4 Å². The van der Waals surface area contributed by atoms with Gasteiger partial charge in [-0.25, -0.2) is 19.4 Å². The zero-order valence-electron chi connectivity index (χ0n) is 22.2. The highest BCUT2D eigenvalue weighted by atomic mass is 35.5. The fraction of sp³-hybridized carbons (Fsp3) is 0.100. The molecule has 43 heavy (non-hydrogen) atoms. The Morgan fingerprint density at radius 2 is 1.60 bits per heavy atom. The molecule has 0 aliphatic carbocycles. The molecule has 6 aromatic rings.